The number of ether oxygens (including phenoxy) is 2. The molecule has 0 bridgehead atoms. The molecule has 0 atom stereocenters. The molecule has 2 aromatic carbocycles. The van der Waals surface area contributed by atoms with E-state index in [0.29, 0.717) is 39.3 Å². The second-order valence-electron chi connectivity index (χ2n) is 6.21. The van der Waals surface area contributed by atoms with Gasteiger partial charge >= 0.3 is 0 Å². The third-order valence-electron chi connectivity index (χ3n) is 4.40. The molecule has 4 aromatic rings. The van der Waals surface area contributed by atoms with E-state index in [2.05, 4.69) is 9.59 Å². The van der Waals surface area contributed by atoms with Gasteiger partial charge in [0.25, 0.3) is 5.91 Å². The highest BCUT2D eigenvalue weighted by Gasteiger charge is 2.26. The van der Waals surface area contributed by atoms with Gasteiger partial charge in [0.2, 0.25) is 0 Å². The van der Waals surface area contributed by atoms with Crippen molar-refractivity contribution in [3.05, 3.63) is 58.6 Å². The molecule has 0 unspecified atom stereocenters. The SMILES string of the molecule is COc1ccc(OC)c2sc(N(Cc3ccccc3)C(=O)c3snnc3C)nc12. The molecule has 0 aliphatic heterocycles. The van der Waals surface area contributed by atoms with E-state index in [4.69, 9.17) is 14.5 Å². The zero-order chi connectivity index (χ0) is 20.4. The fraction of sp³-hybridized carbons (Fsp3) is 0.200. The van der Waals surface area contributed by atoms with Crippen LogP contribution in [0.2, 0.25) is 0 Å². The second kappa shape index (κ2) is 8.14. The van der Waals surface area contributed by atoms with Crippen molar-refractivity contribution in [2.45, 2.75) is 13.5 Å². The fourth-order valence-electron chi connectivity index (χ4n) is 2.93. The number of rotatable bonds is 6. The van der Waals surface area contributed by atoms with E-state index in [9.17, 15) is 4.79 Å². The number of aromatic nitrogens is 3. The first kappa shape index (κ1) is 19.3. The molecular formula is C20H18N4O3S2. The Morgan fingerprint density at radius 2 is 1.79 bits per heavy atom. The van der Waals surface area contributed by atoms with Crippen molar-refractivity contribution in [3.8, 4) is 11.5 Å². The molecule has 29 heavy (non-hydrogen) atoms. The number of nitrogens with zero attached hydrogens (tertiary/aromatic N) is 4. The quantitative estimate of drug-likeness (QED) is 0.457. The Hall–Kier alpha value is -3.04. The van der Waals surface area contributed by atoms with Crippen molar-refractivity contribution < 1.29 is 14.3 Å². The van der Waals surface area contributed by atoms with Gasteiger partial charge in [0.05, 0.1) is 26.5 Å². The van der Waals surface area contributed by atoms with Crippen LogP contribution in [0.1, 0.15) is 20.9 Å². The number of carbonyl (C=O) groups is 1. The van der Waals surface area contributed by atoms with Crippen LogP contribution in [0.3, 0.4) is 0 Å². The third kappa shape index (κ3) is 3.66. The van der Waals surface area contributed by atoms with Crippen LogP contribution in [0.25, 0.3) is 10.2 Å². The van der Waals surface area contributed by atoms with E-state index < -0.39 is 0 Å². The maximum Gasteiger partial charge on any atom is 0.274 e. The van der Waals surface area contributed by atoms with Gasteiger partial charge in [-0.05, 0) is 36.2 Å². The minimum atomic E-state index is -0.182. The predicted octanol–water partition coefficient (Wildman–Crippen LogP) is 4.32. The molecule has 1 amide bonds. The van der Waals surface area contributed by atoms with E-state index >= 15 is 0 Å². The molecule has 0 N–H and O–H groups in total. The van der Waals surface area contributed by atoms with Crippen LogP contribution in [0, 0.1) is 6.92 Å². The maximum atomic E-state index is 13.4. The summed E-state index contributed by atoms with van der Waals surface area (Å²) < 4.78 is 15.7. The Kier molecular flexibility index (Phi) is 5.41. The van der Waals surface area contributed by atoms with Crippen molar-refractivity contribution in [2.24, 2.45) is 0 Å². The molecule has 0 aliphatic carbocycles. The van der Waals surface area contributed by atoms with Gasteiger partial charge < -0.3 is 9.47 Å². The number of thiazole rings is 1. The lowest BCUT2D eigenvalue weighted by Gasteiger charge is -2.19. The van der Waals surface area contributed by atoms with Crippen molar-refractivity contribution in [1.29, 1.82) is 0 Å². The lowest BCUT2D eigenvalue weighted by atomic mass is 10.2. The molecule has 0 saturated heterocycles. The molecule has 0 saturated carbocycles. The summed E-state index contributed by atoms with van der Waals surface area (Å²) in [4.78, 5) is 20.3. The molecular weight excluding hydrogens is 408 g/mol. The summed E-state index contributed by atoms with van der Waals surface area (Å²) in [5.41, 5.74) is 2.26. The zero-order valence-corrected chi connectivity index (χ0v) is 17.7. The number of methoxy groups -OCH3 is 2. The lowest BCUT2D eigenvalue weighted by Crippen LogP contribution is -2.30. The van der Waals surface area contributed by atoms with Gasteiger partial charge in [-0.25, -0.2) is 4.98 Å². The Balaban J connectivity index is 1.84. The third-order valence-corrected chi connectivity index (χ3v) is 6.31. The largest absolute Gasteiger partial charge is 0.495 e. The van der Waals surface area contributed by atoms with E-state index in [1.54, 1.807) is 26.0 Å². The van der Waals surface area contributed by atoms with E-state index in [1.807, 2.05) is 42.5 Å². The van der Waals surface area contributed by atoms with Gasteiger partial charge in [0, 0.05) is 0 Å². The monoisotopic (exact) mass is 426 g/mol. The Morgan fingerprint density at radius 1 is 1.07 bits per heavy atom. The van der Waals surface area contributed by atoms with Gasteiger partial charge in [0.1, 0.15) is 26.6 Å². The summed E-state index contributed by atoms with van der Waals surface area (Å²) in [6.07, 6.45) is 0. The van der Waals surface area contributed by atoms with Crippen LogP contribution < -0.4 is 14.4 Å². The number of aryl methyl sites for hydroxylation is 1. The minimum absolute atomic E-state index is 0.182. The molecule has 148 valence electrons. The first-order valence-electron chi connectivity index (χ1n) is 8.78. The normalized spacial score (nSPS) is 10.9. The lowest BCUT2D eigenvalue weighted by molar-refractivity contribution is 0.0988. The highest BCUT2D eigenvalue weighted by Crippen LogP contribution is 2.40. The Bertz CT molecular complexity index is 1120. The van der Waals surface area contributed by atoms with Crippen LogP contribution in [-0.2, 0) is 6.54 Å². The van der Waals surface area contributed by atoms with Crippen LogP contribution in [-0.4, -0.2) is 34.7 Å². The summed E-state index contributed by atoms with van der Waals surface area (Å²) in [6, 6.07) is 13.4. The molecule has 0 fully saturated rings. The van der Waals surface area contributed by atoms with Gasteiger partial charge in [-0.3, -0.25) is 9.69 Å². The first-order valence-corrected chi connectivity index (χ1v) is 10.4. The highest BCUT2D eigenvalue weighted by atomic mass is 32.1. The first-order chi connectivity index (χ1) is 14.1. The molecule has 0 aliphatic rings. The van der Waals surface area contributed by atoms with Crippen LogP contribution >= 0.6 is 22.9 Å². The summed E-state index contributed by atoms with van der Waals surface area (Å²) in [7, 11) is 3.21. The Morgan fingerprint density at radius 3 is 2.45 bits per heavy atom. The molecule has 7 nitrogen and oxygen atoms in total. The fourth-order valence-corrected chi connectivity index (χ4v) is 4.61. The van der Waals surface area contributed by atoms with Crippen molar-refractivity contribution in [2.75, 3.05) is 19.1 Å². The number of hydrogen-bond donors (Lipinski definition) is 0. The van der Waals surface area contributed by atoms with Gasteiger partial charge in [0.15, 0.2) is 5.13 Å². The van der Waals surface area contributed by atoms with Crippen molar-refractivity contribution >= 4 is 44.1 Å². The van der Waals surface area contributed by atoms with Crippen molar-refractivity contribution in [1.82, 2.24) is 14.6 Å². The maximum absolute atomic E-state index is 13.4. The standard InChI is InChI=1S/C20H18N4O3S2/c1-12-17(29-23-22-12)19(25)24(11-13-7-5-4-6-8-13)20-21-16-14(26-2)9-10-15(27-3)18(16)28-20/h4-10H,11H2,1-3H3. The number of carbonyl (C=O) groups excluding carboxylic acids is 1. The van der Waals surface area contributed by atoms with Crippen LogP contribution in [0.4, 0.5) is 5.13 Å². The number of fused-ring (bicyclic) bond motifs is 1. The van der Waals surface area contributed by atoms with E-state index in [-0.39, 0.29) is 5.91 Å². The highest BCUT2D eigenvalue weighted by molar-refractivity contribution is 7.22. The number of hydrogen-bond acceptors (Lipinski definition) is 8. The minimum Gasteiger partial charge on any atom is -0.495 e. The molecule has 4 rings (SSSR count). The van der Waals surface area contributed by atoms with E-state index in [0.717, 1.165) is 21.8 Å². The molecule has 9 heteroatoms. The summed E-state index contributed by atoms with van der Waals surface area (Å²) in [6.45, 7) is 2.16. The summed E-state index contributed by atoms with van der Waals surface area (Å²) in [5, 5.41) is 4.54. The molecule has 0 spiro atoms. The smallest absolute Gasteiger partial charge is 0.274 e. The average molecular weight is 427 g/mol. The van der Waals surface area contributed by atoms with Crippen LogP contribution in [0.5, 0.6) is 11.5 Å². The topological polar surface area (TPSA) is 77.4 Å². The predicted molar refractivity (Wildman–Crippen MR) is 114 cm³/mol. The second-order valence-corrected chi connectivity index (χ2v) is 7.94. The summed E-state index contributed by atoms with van der Waals surface area (Å²) >= 11 is 2.48. The average Bonchev–Trinajstić information content (AvgIpc) is 3.38. The Labute approximate surface area is 175 Å². The number of anilines is 1. The van der Waals surface area contributed by atoms with E-state index in [1.165, 1.54) is 11.3 Å². The number of amides is 1. The molecule has 0 radical (unpaired) electrons. The van der Waals surface area contributed by atoms with Gasteiger partial charge in [-0.2, -0.15) is 0 Å². The number of benzene rings is 2. The van der Waals surface area contributed by atoms with Crippen molar-refractivity contribution in [3.63, 3.8) is 0 Å². The van der Waals surface area contributed by atoms with Gasteiger partial charge in [-0.15, -0.1) is 5.10 Å². The molecule has 2 heterocycles. The van der Waals surface area contributed by atoms with Crippen LogP contribution in [0.15, 0.2) is 42.5 Å². The summed E-state index contributed by atoms with van der Waals surface area (Å²) in [5.74, 6) is 1.14. The molecule has 2 aromatic heterocycles. The zero-order valence-electron chi connectivity index (χ0n) is 16.1. The van der Waals surface area contributed by atoms with Gasteiger partial charge in [-0.1, -0.05) is 46.2 Å².